The minimum atomic E-state index is 0.140. The molecule has 1 aliphatic rings. The lowest BCUT2D eigenvalue weighted by atomic mass is 10.1. The van der Waals surface area contributed by atoms with Crippen molar-refractivity contribution < 1.29 is 0 Å². The number of nitrogens with zero attached hydrogens (tertiary/aromatic N) is 1. The van der Waals surface area contributed by atoms with E-state index in [-0.39, 0.29) is 11.6 Å². The molecule has 1 heterocycles. The summed E-state index contributed by atoms with van der Waals surface area (Å²) in [4.78, 5) is 11.8. The Morgan fingerprint density at radius 2 is 2.23 bits per heavy atom. The third-order valence-electron chi connectivity index (χ3n) is 2.43. The molecule has 0 amide bonds. The highest BCUT2D eigenvalue weighted by Crippen LogP contribution is 2.15. The molecular formula is C11H13NO. The minimum absolute atomic E-state index is 0.140. The normalized spacial score (nSPS) is 13.8. The van der Waals surface area contributed by atoms with Crippen LogP contribution in [0.4, 0.5) is 0 Å². The van der Waals surface area contributed by atoms with Crippen LogP contribution in [-0.2, 0) is 6.42 Å². The van der Waals surface area contributed by atoms with Crippen molar-refractivity contribution in [3.05, 3.63) is 39.8 Å². The summed E-state index contributed by atoms with van der Waals surface area (Å²) in [5.41, 5.74) is 2.17. The van der Waals surface area contributed by atoms with Crippen molar-refractivity contribution in [3.63, 3.8) is 0 Å². The zero-order chi connectivity index (χ0) is 9.42. The molecule has 1 aromatic rings. The summed E-state index contributed by atoms with van der Waals surface area (Å²) in [5.74, 6) is 0. The van der Waals surface area contributed by atoms with E-state index in [9.17, 15) is 4.79 Å². The predicted molar refractivity (Wildman–Crippen MR) is 53.8 cm³/mol. The van der Waals surface area contributed by atoms with Crippen molar-refractivity contribution in [2.24, 2.45) is 0 Å². The van der Waals surface area contributed by atoms with Gasteiger partial charge in [0, 0.05) is 17.8 Å². The number of allylic oxidation sites excluding steroid dienone is 1. The highest BCUT2D eigenvalue weighted by atomic mass is 16.1. The number of hydrogen-bond donors (Lipinski definition) is 0. The van der Waals surface area contributed by atoms with Gasteiger partial charge < -0.3 is 4.57 Å². The maximum Gasteiger partial charge on any atom is 0.258 e. The monoisotopic (exact) mass is 175 g/mol. The van der Waals surface area contributed by atoms with Crippen molar-refractivity contribution in [3.8, 4) is 0 Å². The molecule has 0 fully saturated rings. The van der Waals surface area contributed by atoms with Crippen LogP contribution in [0.2, 0.25) is 0 Å². The van der Waals surface area contributed by atoms with E-state index in [0.717, 1.165) is 17.5 Å². The second-order valence-corrected chi connectivity index (χ2v) is 3.67. The van der Waals surface area contributed by atoms with Gasteiger partial charge in [0.2, 0.25) is 0 Å². The van der Waals surface area contributed by atoms with Crippen LogP contribution in [0.3, 0.4) is 0 Å². The first-order valence-electron chi connectivity index (χ1n) is 4.60. The first-order chi connectivity index (χ1) is 6.20. The average Bonchev–Trinajstić information content (AvgIpc) is 2.52. The first-order valence-corrected chi connectivity index (χ1v) is 4.60. The van der Waals surface area contributed by atoms with Crippen LogP contribution in [0.5, 0.6) is 0 Å². The summed E-state index contributed by atoms with van der Waals surface area (Å²) in [6.45, 7) is 4.04. The molecule has 68 valence electrons. The van der Waals surface area contributed by atoms with E-state index in [2.05, 4.69) is 0 Å². The topological polar surface area (TPSA) is 22.0 Å². The molecule has 0 aromatic carbocycles. The summed E-state index contributed by atoms with van der Waals surface area (Å²) >= 11 is 0. The maximum atomic E-state index is 11.8. The Bertz CT molecular complexity index is 413. The fourth-order valence-electron chi connectivity index (χ4n) is 1.67. The molecule has 2 rings (SSSR count). The van der Waals surface area contributed by atoms with Gasteiger partial charge in [0.1, 0.15) is 0 Å². The fourth-order valence-corrected chi connectivity index (χ4v) is 1.67. The van der Waals surface area contributed by atoms with Gasteiger partial charge in [-0.15, -0.1) is 0 Å². The summed E-state index contributed by atoms with van der Waals surface area (Å²) in [6, 6.07) is 2.28. The van der Waals surface area contributed by atoms with Crippen LogP contribution in [0.25, 0.3) is 6.08 Å². The van der Waals surface area contributed by atoms with E-state index in [1.165, 1.54) is 0 Å². The van der Waals surface area contributed by atoms with Crippen LogP contribution in [0.15, 0.2) is 23.1 Å². The summed E-state index contributed by atoms with van der Waals surface area (Å²) < 4.78 is 1.77. The second-order valence-electron chi connectivity index (χ2n) is 3.67. The maximum absolute atomic E-state index is 11.8. The molecule has 0 spiro atoms. The van der Waals surface area contributed by atoms with Crippen molar-refractivity contribution in [1.82, 2.24) is 4.57 Å². The Balaban J connectivity index is 2.65. The van der Waals surface area contributed by atoms with E-state index in [4.69, 9.17) is 0 Å². The molecule has 0 radical (unpaired) electrons. The fraction of sp³-hybridized carbons (Fsp3) is 0.364. The van der Waals surface area contributed by atoms with Gasteiger partial charge in [0.25, 0.3) is 5.56 Å². The van der Waals surface area contributed by atoms with Gasteiger partial charge >= 0.3 is 0 Å². The standard InChI is InChI=1S/C11H13NO/c1-8(2)12-7-6-9-4-3-5-10(9)11(12)13/h3,5-8H,4H2,1-2H3. The van der Waals surface area contributed by atoms with Crippen LogP contribution in [0, 0.1) is 0 Å². The molecule has 2 heteroatoms. The second kappa shape index (κ2) is 2.87. The number of rotatable bonds is 1. The predicted octanol–water partition coefficient (Wildman–Crippen LogP) is 2.00. The molecule has 0 saturated carbocycles. The smallest absolute Gasteiger partial charge is 0.258 e. The van der Waals surface area contributed by atoms with Crippen molar-refractivity contribution in [2.45, 2.75) is 26.3 Å². The molecule has 0 aliphatic heterocycles. The van der Waals surface area contributed by atoms with Crippen LogP contribution >= 0.6 is 0 Å². The lowest BCUT2D eigenvalue weighted by Crippen LogP contribution is -2.23. The summed E-state index contributed by atoms with van der Waals surface area (Å²) in [6.07, 6.45) is 6.76. The third-order valence-corrected chi connectivity index (χ3v) is 2.43. The van der Waals surface area contributed by atoms with Gasteiger partial charge in [-0.25, -0.2) is 0 Å². The van der Waals surface area contributed by atoms with Gasteiger partial charge in [-0.05, 0) is 31.9 Å². The SMILES string of the molecule is CC(C)n1ccc2c(c1=O)C=CC2. The molecule has 0 unspecified atom stereocenters. The van der Waals surface area contributed by atoms with Gasteiger partial charge in [-0.2, -0.15) is 0 Å². The first kappa shape index (κ1) is 8.30. The zero-order valence-corrected chi connectivity index (χ0v) is 7.95. The van der Waals surface area contributed by atoms with Gasteiger partial charge in [0.05, 0.1) is 0 Å². The van der Waals surface area contributed by atoms with Crippen molar-refractivity contribution >= 4 is 6.08 Å². The molecule has 0 N–H and O–H groups in total. The Morgan fingerprint density at radius 3 is 2.92 bits per heavy atom. The Morgan fingerprint density at radius 1 is 1.46 bits per heavy atom. The Kier molecular flexibility index (Phi) is 1.83. The average molecular weight is 175 g/mol. The Hall–Kier alpha value is -1.31. The van der Waals surface area contributed by atoms with Gasteiger partial charge in [0.15, 0.2) is 0 Å². The molecule has 2 nitrogen and oxygen atoms in total. The zero-order valence-electron chi connectivity index (χ0n) is 7.95. The lowest BCUT2D eigenvalue weighted by Gasteiger charge is -2.10. The molecule has 0 saturated heterocycles. The number of hydrogen-bond acceptors (Lipinski definition) is 1. The molecule has 1 aromatic heterocycles. The largest absolute Gasteiger partial charge is 0.313 e. The molecule has 13 heavy (non-hydrogen) atoms. The lowest BCUT2D eigenvalue weighted by molar-refractivity contribution is 0.577. The number of aromatic nitrogens is 1. The minimum Gasteiger partial charge on any atom is -0.313 e. The van der Waals surface area contributed by atoms with Gasteiger partial charge in [-0.3, -0.25) is 4.79 Å². The van der Waals surface area contributed by atoms with E-state index in [1.54, 1.807) is 4.57 Å². The van der Waals surface area contributed by atoms with Crippen molar-refractivity contribution in [1.29, 1.82) is 0 Å². The van der Waals surface area contributed by atoms with Crippen LogP contribution < -0.4 is 5.56 Å². The number of fused-ring (bicyclic) bond motifs is 1. The molecule has 0 atom stereocenters. The quantitative estimate of drug-likeness (QED) is 0.639. The molecule has 0 bridgehead atoms. The molecule has 1 aliphatic carbocycles. The van der Waals surface area contributed by atoms with E-state index in [0.29, 0.717) is 0 Å². The highest BCUT2D eigenvalue weighted by Gasteiger charge is 2.11. The van der Waals surface area contributed by atoms with Crippen molar-refractivity contribution in [2.75, 3.05) is 0 Å². The van der Waals surface area contributed by atoms with Gasteiger partial charge in [-0.1, -0.05) is 12.2 Å². The van der Waals surface area contributed by atoms with E-state index >= 15 is 0 Å². The van der Waals surface area contributed by atoms with Crippen LogP contribution in [-0.4, -0.2) is 4.57 Å². The van der Waals surface area contributed by atoms with E-state index in [1.807, 2.05) is 38.3 Å². The number of pyridine rings is 1. The highest BCUT2D eigenvalue weighted by molar-refractivity contribution is 5.58. The summed E-state index contributed by atoms with van der Waals surface area (Å²) in [7, 11) is 0. The molecular weight excluding hydrogens is 162 g/mol. The summed E-state index contributed by atoms with van der Waals surface area (Å²) in [5, 5.41) is 0. The van der Waals surface area contributed by atoms with E-state index < -0.39 is 0 Å². The van der Waals surface area contributed by atoms with Crippen LogP contribution in [0.1, 0.15) is 31.0 Å². The Labute approximate surface area is 77.5 Å². The third kappa shape index (κ3) is 1.22.